The second-order valence-electron chi connectivity index (χ2n) is 3.39. The summed E-state index contributed by atoms with van der Waals surface area (Å²) in [5, 5.41) is 0. The molecule has 1 aliphatic rings. The Balaban J connectivity index is 0.00000162. The molecule has 1 aromatic carbocycles. The zero-order chi connectivity index (χ0) is 12.1. The maximum atomic E-state index is 11.2. The Hall–Kier alpha value is -1.23. The summed E-state index contributed by atoms with van der Waals surface area (Å²) in [5.74, 6) is 0.995. The molecule has 5 heteroatoms. The van der Waals surface area contributed by atoms with Crippen LogP contribution in [0, 0.1) is 0 Å². The third-order valence-corrected chi connectivity index (χ3v) is 2.19. The van der Waals surface area contributed by atoms with Crippen LogP contribution < -0.4 is 9.47 Å². The van der Waals surface area contributed by atoms with Gasteiger partial charge in [-0.3, -0.25) is 0 Å². The van der Waals surface area contributed by atoms with Crippen molar-refractivity contribution in [3.63, 3.8) is 0 Å². The summed E-state index contributed by atoms with van der Waals surface area (Å²) in [4.78, 5) is 11.2. The maximum absolute atomic E-state index is 11.2. The van der Waals surface area contributed by atoms with E-state index < -0.39 is 5.97 Å². The zero-order valence-corrected chi connectivity index (χ0v) is 12.2. The van der Waals surface area contributed by atoms with Gasteiger partial charge in [0.25, 0.3) is 0 Å². The number of ether oxygens (including phenoxy) is 3. The van der Waals surface area contributed by atoms with Crippen molar-refractivity contribution in [2.75, 3.05) is 6.79 Å². The summed E-state index contributed by atoms with van der Waals surface area (Å²) in [6.07, 6.45) is 4.36. The first-order chi connectivity index (χ1) is 8.29. The topological polar surface area (TPSA) is 44.8 Å². The van der Waals surface area contributed by atoms with Crippen LogP contribution in [0.2, 0.25) is 0 Å². The van der Waals surface area contributed by atoms with E-state index in [-0.39, 0.29) is 43.0 Å². The van der Waals surface area contributed by atoms with Crippen molar-refractivity contribution in [1.29, 1.82) is 0 Å². The molecule has 89 valence electrons. The molecule has 0 saturated heterocycles. The van der Waals surface area contributed by atoms with E-state index in [9.17, 15) is 4.79 Å². The van der Waals surface area contributed by atoms with Gasteiger partial charge in [0.1, 0.15) is 6.61 Å². The van der Waals surface area contributed by atoms with Gasteiger partial charge in [-0.05, 0) is 17.7 Å². The van der Waals surface area contributed by atoms with Crippen molar-refractivity contribution >= 4 is 35.5 Å². The Bertz CT molecular complexity index is 468. The molecule has 2 rings (SSSR count). The molecule has 0 N–H and O–H groups in total. The van der Waals surface area contributed by atoms with E-state index in [1.54, 1.807) is 12.1 Å². The van der Waals surface area contributed by atoms with Gasteiger partial charge in [-0.25, -0.2) is 4.79 Å². The van der Waals surface area contributed by atoms with E-state index in [1.807, 2.05) is 6.07 Å². The predicted octanol–water partition coefficient (Wildman–Crippen LogP) is 1.82. The standard InChI is InChI=1S/C13H12O4.Na/c1-2-3-4-13(14)15-8-10-5-6-11-12(7-10)17-9-16-11;/h2-7H,1,8-9H2;. The molecule has 1 aliphatic heterocycles. The molecule has 0 fully saturated rings. The van der Waals surface area contributed by atoms with Gasteiger partial charge in [-0.15, -0.1) is 0 Å². The number of rotatable bonds is 4. The zero-order valence-electron chi connectivity index (χ0n) is 10.2. The number of carbonyl (C=O) groups excluding carboxylic acids is 1. The number of carbonyl (C=O) groups is 1. The molecule has 1 radical (unpaired) electrons. The normalized spacial score (nSPS) is 12.0. The molecule has 0 amide bonds. The number of esters is 1. The number of hydrogen-bond acceptors (Lipinski definition) is 4. The molecule has 0 aromatic heterocycles. The Kier molecular flexibility index (Phi) is 5.98. The first kappa shape index (κ1) is 14.8. The molecule has 1 aromatic rings. The van der Waals surface area contributed by atoms with Crippen molar-refractivity contribution < 1.29 is 19.0 Å². The number of allylic oxidation sites excluding steroid dienone is 2. The van der Waals surface area contributed by atoms with E-state index >= 15 is 0 Å². The second-order valence-corrected chi connectivity index (χ2v) is 3.39. The number of fused-ring (bicyclic) bond motifs is 1. The molecule has 1 heterocycles. The third-order valence-electron chi connectivity index (χ3n) is 2.19. The Morgan fingerprint density at radius 2 is 2.17 bits per heavy atom. The summed E-state index contributed by atoms with van der Waals surface area (Å²) < 4.78 is 15.4. The summed E-state index contributed by atoms with van der Waals surface area (Å²) >= 11 is 0. The van der Waals surface area contributed by atoms with Gasteiger partial charge in [0, 0.05) is 35.6 Å². The Morgan fingerprint density at radius 3 is 2.94 bits per heavy atom. The SMILES string of the molecule is C=CC=CC(=O)OCc1ccc2c(c1)OCO2.[Na]. The molecule has 0 bridgehead atoms. The van der Waals surface area contributed by atoms with Gasteiger partial charge in [0.15, 0.2) is 11.5 Å². The van der Waals surface area contributed by atoms with Crippen molar-refractivity contribution in [2.45, 2.75) is 6.61 Å². The van der Waals surface area contributed by atoms with E-state index in [0.717, 1.165) is 5.56 Å². The van der Waals surface area contributed by atoms with Crippen molar-refractivity contribution in [3.05, 3.63) is 48.6 Å². The number of benzene rings is 1. The van der Waals surface area contributed by atoms with Crippen LogP contribution in [0.3, 0.4) is 0 Å². The number of hydrogen-bond donors (Lipinski definition) is 0. The summed E-state index contributed by atoms with van der Waals surface area (Å²) in [7, 11) is 0. The van der Waals surface area contributed by atoms with E-state index in [0.29, 0.717) is 11.5 Å². The molecule has 0 aliphatic carbocycles. The predicted molar refractivity (Wildman–Crippen MR) is 67.5 cm³/mol. The van der Waals surface area contributed by atoms with Crippen LogP contribution in [0.1, 0.15) is 5.56 Å². The van der Waals surface area contributed by atoms with Crippen LogP contribution in [0.4, 0.5) is 0 Å². The van der Waals surface area contributed by atoms with Gasteiger partial charge in [-0.2, -0.15) is 0 Å². The fourth-order valence-electron chi connectivity index (χ4n) is 1.38. The maximum Gasteiger partial charge on any atom is 0.331 e. The average Bonchev–Trinajstić information content (AvgIpc) is 2.81. The largest absolute Gasteiger partial charge is 0.458 e. The van der Waals surface area contributed by atoms with Crippen molar-refractivity contribution in [1.82, 2.24) is 0 Å². The van der Waals surface area contributed by atoms with Crippen LogP contribution in [0.5, 0.6) is 11.5 Å². The van der Waals surface area contributed by atoms with E-state index in [2.05, 4.69) is 6.58 Å². The van der Waals surface area contributed by atoms with Crippen LogP contribution in [-0.4, -0.2) is 42.3 Å². The fourth-order valence-corrected chi connectivity index (χ4v) is 1.38. The first-order valence-corrected chi connectivity index (χ1v) is 5.14. The molecular formula is C13H12NaO4. The van der Waals surface area contributed by atoms with Crippen LogP contribution in [0.25, 0.3) is 0 Å². The van der Waals surface area contributed by atoms with Crippen LogP contribution in [0.15, 0.2) is 43.0 Å². The van der Waals surface area contributed by atoms with Gasteiger partial charge >= 0.3 is 5.97 Å². The summed E-state index contributed by atoms with van der Waals surface area (Å²) in [5.41, 5.74) is 0.856. The average molecular weight is 255 g/mol. The summed E-state index contributed by atoms with van der Waals surface area (Å²) in [6.45, 7) is 3.91. The molecule has 0 atom stereocenters. The Labute approximate surface area is 128 Å². The minimum atomic E-state index is -0.400. The van der Waals surface area contributed by atoms with E-state index in [1.165, 1.54) is 18.2 Å². The van der Waals surface area contributed by atoms with Gasteiger partial charge in [0.2, 0.25) is 6.79 Å². The minimum Gasteiger partial charge on any atom is -0.458 e. The molecule has 0 spiro atoms. The monoisotopic (exact) mass is 255 g/mol. The minimum absolute atomic E-state index is 0. The molecule has 0 unspecified atom stereocenters. The molecule has 18 heavy (non-hydrogen) atoms. The second kappa shape index (κ2) is 7.26. The van der Waals surface area contributed by atoms with Gasteiger partial charge < -0.3 is 14.2 Å². The van der Waals surface area contributed by atoms with Crippen molar-refractivity contribution in [2.24, 2.45) is 0 Å². The van der Waals surface area contributed by atoms with Crippen molar-refractivity contribution in [3.8, 4) is 11.5 Å². The third kappa shape index (κ3) is 3.91. The quantitative estimate of drug-likeness (QED) is 0.356. The Morgan fingerprint density at radius 1 is 1.39 bits per heavy atom. The smallest absolute Gasteiger partial charge is 0.331 e. The summed E-state index contributed by atoms with van der Waals surface area (Å²) in [6, 6.07) is 5.43. The first-order valence-electron chi connectivity index (χ1n) is 5.14. The molecule has 4 nitrogen and oxygen atoms in total. The van der Waals surface area contributed by atoms with Gasteiger partial charge in [0.05, 0.1) is 0 Å². The van der Waals surface area contributed by atoms with Crippen LogP contribution in [-0.2, 0) is 16.1 Å². The molecule has 0 saturated carbocycles. The molecular weight excluding hydrogens is 243 g/mol. The fraction of sp³-hybridized carbons (Fsp3) is 0.154. The van der Waals surface area contributed by atoms with Gasteiger partial charge in [-0.1, -0.05) is 24.8 Å². The van der Waals surface area contributed by atoms with E-state index in [4.69, 9.17) is 14.2 Å². The van der Waals surface area contributed by atoms with Crippen LogP contribution >= 0.6 is 0 Å².